The first kappa shape index (κ1) is 22.4. The first-order chi connectivity index (χ1) is 15.0. The number of hydrogen-bond donors (Lipinski definition) is 0. The van der Waals surface area contributed by atoms with Gasteiger partial charge in [-0.3, -0.25) is 14.7 Å². The molecule has 0 aliphatic carbocycles. The zero-order valence-electron chi connectivity index (χ0n) is 18.8. The van der Waals surface area contributed by atoms with Crippen molar-refractivity contribution in [3.8, 4) is 0 Å². The lowest BCUT2D eigenvalue weighted by molar-refractivity contribution is -0.0425. The van der Waals surface area contributed by atoms with Crippen molar-refractivity contribution in [2.75, 3.05) is 19.7 Å². The molecule has 0 saturated carbocycles. The maximum Gasteiger partial charge on any atom is 0.288 e. The summed E-state index contributed by atoms with van der Waals surface area (Å²) < 4.78 is 7.17. The van der Waals surface area contributed by atoms with Crippen LogP contribution >= 0.6 is 11.6 Å². The molecule has 3 unspecified atom stereocenters. The molecule has 2 fully saturated rings. The van der Waals surface area contributed by atoms with Crippen LogP contribution in [0.2, 0.25) is 5.02 Å². The minimum atomic E-state index is -0.292. The summed E-state index contributed by atoms with van der Waals surface area (Å²) in [5.41, 5.74) is 3.14. The van der Waals surface area contributed by atoms with Gasteiger partial charge in [0, 0.05) is 31.1 Å². The Balaban J connectivity index is 1.50. The average molecular weight is 445 g/mol. The van der Waals surface area contributed by atoms with Gasteiger partial charge in [0.05, 0.1) is 6.20 Å². The number of aromatic nitrogens is 3. The van der Waals surface area contributed by atoms with Crippen molar-refractivity contribution in [3.05, 3.63) is 56.7 Å². The molecule has 168 valence electrons. The van der Waals surface area contributed by atoms with E-state index in [9.17, 15) is 4.79 Å². The van der Waals surface area contributed by atoms with Crippen LogP contribution in [0.5, 0.6) is 0 Å². The smallest absolute Gasteiger partial charge is 0.288 e. The molecule has 2 aliphatic rings. The van der Waals surface area contributed by atoms with Gasteiger partial charge < -0.3 is 4.74 Å². The summed E-state index contributed by atoms with van der Waals surface area (Å²) in [7, 11) is 0. The minimum absolute atomic E-state index is 0.225. The van der Waals surface area contributed by atoms with E-state index >= 15 is 0 Å². The molecule has 7 heteroatoms. The summed E-state index contributed by atoms with van der Waals surface area (Å²) in [6.07, 6.45) is 8.17. The largest absolute Gasteiger partial charge is 0.356 e. The third-order valence-electron chi connectivity index (χ3n) is 6.99. The molecule has 0 radical (unpaired) electrons. The Kier molecular flexibility index (Phi) is 7.09. The second-order valence-corrected chi connectivity index (χ2v) is 9.30. The summed E-state index contributed by atoms with van der Waals surface area (Å²) in [6, 6.07) is 4.54. The van der Waals surface area contributed by atoms with E-state index in [2.05, 4.69) is 41.8 Å². The second-order valence-electron chi connectivity index (χ2n) is 8.92. The zero-order valence-corrected chi connectivity index (χ0v) is 19.5. The lowest BCUT2D eigenvalue weighted by atomic mass is 9.81. The molecule has 6 nitrogen and oxygen atoms in total. The average Bonchev–Trinajstić information content (AvgIpc) is 2.81. The Labute approximate surface area is 189 Å². The van der Waals surface area contributed by atoms with Gasteiger partial charge in [0.2, 0.25) is 0 Å². The fourth-order valence-electron chi connectivity index (χ4n) is 5.15. The van der Waals surface area contributed by atoms with Crippen molar-refractivity contribution in [1.29, 1.82) is 0 Å². The highest BCUT2D eigenvalue weighted by molar-refractivity contribution is 6.31. The Morgan fingerprint density at radius 1 is 1.32 bits per heavy atom. The van der Waals surface area contributed by atoms with E-state index in [1.807, 2.05) is 12.3 Å². The Bertz CT molecular complexity index is 957. The number of piperidine rings is 1. The van der Waals surface area contributed by atoms with Crippen molar-refractivity contribution in [1.82, 2.24) is 19.7 Å². The molecule has 4 atom stereocenters. The number of rotatable bonds is 5. The lowest BCUT2D eigenvalue weighted by Gasteiger charge is -2.40. The fourth-order valence-corrected chi connectivity index (χ4v) is 5.43. The highest BCUT2D eigenvalue weighted by atomic mass is 35.5. The van der Waals surface area contributed by atoms with Crippen molar-refractivity contribution in [2.24, 2.45) is 5.92 Å². The van der Waals surface area contributed by atoms with E-state index in [1.165, 1.54) is 15.9 Å². The van der Waals surface area contributed by atoms with Crippen LogP contribution in [0.3, 0.4) is 0 Å². The van der Waals surface area contributed by atoms with Crippen molar-refractivity contribution in [3.63, 3.8) is 0 Å². The molecule has 0 amide bonds. The van der Waals surface area contributed by atoms with E-state index < -0.39 is 0 Å². The van der Waals surface area contributed by atoms with Gasteiger partial charge in [0.25, 0.3) is 5.56 Å². The normalized spacial score (nSPS) is 26.0. The van der Waals surface area contributed by atoms with Gasteiger partial charge >= 0.3 is 0 Å². The van der Waals surface area contributed by atoms with Crippen LogP contribution in [-0.2, 0) is 11.2 Å². The van der Waals surface area contributed by atoms with Crippen LogP contribution in [0.15, 0.2) is 29.3 Å². The maximum absolute atomic E-state index is 12.9. The molecule has 2 aromatic rings. The molecule has 2 saturated heterocycles. The summed E-state index contributed by atoms with van der Waals surface area (Å²) in [5, 5.41) is 4.78. The van der Waals surface area contributed by atoms with Gasteiger partial charge in [-0.2, -0.15) is 9.78 Å². The monoisotopic (exact) mass is 444 g/mol. The van der Waals surface area contributed by atoms with Crippen LogP contribution in [0.4, 0.5) is 0 Å². The Hall–Kier alpha value is -1.76. The number of hydrogen-bond acceptors (Lipinski definition) is 5. The summed E-state index contributed by atoms with van der Waals surface area (Å²) in [6.45, 7) is 9.25. The molecule has 0 N–H and O–H groups in total. The Morgan fingerprint density at radius 2 is 2.16 bits per heavy atom. The van der Waals surface area contributed by atoms with Crippen LogP contribution in [0.1, 0.15) is 81.5 Å². The third kappa shape index (κ3) is 4.57. The lowest BCUT2D eigenvalue weighted by Crippen LogP contribution is -2.41. The van der Waals surface area contributed by atoms with E-state index in [0.29, 0.717) is 23.6 Å². The molecule has 0 spiro atoms. The molecule has 31 heavy (non-hydrogen) atoms. The molecule has 0 aromatic carbocycles. The predicted molar refractivity (Wildman–Crippen MR) is 122 cm³/mol. The molecule has 4 heterocycles. The Morgan fingerprint density at radius 3 is 2.87 bits per heavy atom. The number of nitrogens with zero attached hydrogens (tertiary/aromatic N) is 4. The van der Waals surface area contributed by atoms with Gasteiger partial charge in [0.1, 0.15) is 5.02 Å². The first-order valence-corrected chi connectivity index (χ1v) is 12.0. The van der Waals surface area contributed by atoms with Gasteiger partial charge in [0.15, 0.2) is 6.23 Å². The van der Waals surface area contributed by atoms with Crippen molar-refractivity contribution < 1.29 is 4.74 Å². The van der Waals surface area contributed by atoms with Crippen LogP contribution in [0.25, 0.3) is 0 Å². The van der Waals surface area contributed by atoms with Crippen LogP contribution in [-0.4, -0.2) is 39.4 Å². The third-order valence-corrected chi connectivity index (χ3v) is 7.37. The fraction of sp³-hybridized carbons (Fsp3) is 0.625. The highest BCUT2D eigenvalue weighted by Gasteiger charge is 2.33. The zero-order chi connectivity index (χ0) is 22.0. The molecule has 2 aliphatic heterocycles. The van der Waals surface area contributed by atoms with Gasteiger partial charge in [-0.1, -0.05) is 31.5 Å². The van der Waals surface area contributed by atoms with E-state index in [1.54, 1.807) is 6.20 Å². The van der Waals surface area contributed by atoms with Gasteiger partial charge in [-0.25, -0.2) is 0 Å². The first-order valence-electron chi connectivity index (χ1n) is 11.6. The molecular weight excluding hydrogens is 412 g/mol. The van der Waals surface area contributed by atoms with E-state index in [4.69, 9.17) is 16.3 Å². The summed E-state index contributed by atoms with van der Waals surface area (Å²) >= 11 is 6.60. The van der Waals surface area contributed by atoms with Crippen LogP contribution in [0, 0.1) is 5.92 Å². The van der Waals surface area contributed by atoms with Gasteiger partial charge in [-0.05, 0) is 74.6 Å². The second kappa shape index (κ2) is 9.80. The van der Waals surface area contributed by atoms with E-state index in [-0.39, 0.29) is 17.7 Å². The van der Waals surface area contributed by atoms with Crippen molar-refractivity contribution in [2.45, 2.75) is 71.1 Å². The SMILES string of the molecule is CCc1ncccc1C(C)N1CCC(c2cnn(C3CCCCO3)c(=O)c2Cl)[C@H](C)C1. The summed E-state index contributed by atoms with van der Waals surface area (Å²) in [4.78, 5) is 20.0. The molecule has 2 aromatic heterocycles. The quantitative estimate of drug-likeness (QED) is 0.666. The number of halogens is 1. The maximum atomic E-state index is 12.9. The molecule has 0 bridgehead atoms. The summed E-state index contributed by atoms with van der Waals surface area (Å²) in [5.74, 6) is 0.607. The molecule has 4 rings (SSSR count). The number of aryl methyl sites for hydroxylation is 1. The number of pyridine rings is 1. The number of likely N-dealkylation sites (tertiary alicyclic amines) is 1. The number of ether oxygens (including phenoxy) is 1. The van der Waals surface area contributed by atoms with Gasteiger partial charge in [-0.15, -0.1) is 0 Å². The minimum Gasteiger partial charge on any atom is -0.356 e. The standard InChI is InChI=1S/C24H33ClN4O2/c1-4-21-19(8-7-11-26-21)17(3)28-12-10-18(16(2)15-28)20-14-27-29(24(30)23(20)25)22-9-5-6-13-31-22/h7-8,11,14,16-18,22H,4-6,9-10,12-13,15H2,1-3H3/t16-,17?,18?,22?/m1/s1. The van der Waals surface area contributed by atoms with E-state index in [0.717, 1.165) is 50.8 Å². The predicted octanol–water partition coefficient (Wildman–Crippen LogP) is 4.74. The highest BCUT2D eigenvalue weighted by Crippen LogP contribution is 2.38. The van der Waals surface area contributed by atoms with Crippen LogP contribution < -0.4 is 5.56 Å². The molecular formula is C24H33ClN4O2. The van der Waals surface area contributed by atoms with Crippen molar-refractivity contribution >= 4 is 11.6 Å². The topological polar surface area (TPSA) is 60.3 Å².